The summed E-state index contributed by atoms with van der Waals surface area (Å²) < 4.78 is 11.4. The second kappa shape index (κ2) is 13.3. The first-order valence-corrected chi connectivity index (χ1v) is 13.5. The standard InChI is InChI=1S/C32H30N4O6/c37-30(16-18-35(29-13-7-8-17-33-29)32(40)41-22-23-9-3-1-4-10-23)34-24-14-15-28-27(19-24)36(25-11-5-2-6-12-25)21-26(42-28)20-31(38)39/h1-15,17,19,26H,16,18,20-22H2,(H,34,37)(H,38,39)/p-1. The number of nitrogens with zero attached hydrogens (tertiary/aromatic N) is 3. The number of aliphatic carboxylic acids is 1. The number of benzene rings is 3. The van der Waals surface area contributed by atoms with Crippen LogP contribution in [0.2, 0.25) is 0 Å². The topological polar surface area (TPSA) is 124 Å². The number of para-hydroxylation sites is 1. The maximum absolute atomic E-state index is 13.0. The van der Waals surface area contributed by atoms with E-state index in [1.165, 1.54) is 4.90 Å². The number of carbonyl (C=O) groups excluding carboxylic acids is 3. The van der Waals surface area contributed by atoms with Gasteiger partial charge < -0.3 is 29.6 Å². The summed E-state index contributed by atoms with van der Waals surface area (Å²) in [5.74, 6) is -0.635. The normalized spacial score (nSPS) is 13.8. The van der Waals surface area contributed by atoms with Crippen molar-refractivity contribution in [1.29, 1.82) is 0 Å². The number of hydrogen-bond donors (Lipinski definition) is 1. The molecular formula is C32H29N4O6-. The Morgan fingerprint density at radius 1 is 0.976 bits per heavy atom. The van der Waals surface area contributed by atoms with Gasteiger partial charge in [-0.15, -0.1) is 0 Å². The summed E-state index contributed by atoms with van der Waals surface area (Å²) in [7, 11) is 0. The fourth-order valence-corrected chi connectivity index (χ4v) is 4.62. The number of hydrogen-bond acceptors (Lipinski definition) is 8. The second-order valence-electron chi connectivity index (χ2n) is 9.62. The minimum Gasteiger partial charge on any atom is -0.550 e. The lowest BCUT2D eigenvalue weighted by atomic mass is 10.1. The van der Waals surface area contributed by atoms with E-state index in [-0.39, 0.29) is 31.9 Å². The SMILES string of the molecule is O=C([O-])CC1CN(c2ccccc2)c2cc(NC(=O)CCN(C(=O)OCc3ccccc3)c3ccccn3)ccc2O1. The molecule has 3 aromatic carbocycles. The number of fused-ring (bicyclic) bond motifs is 1. The van der Waals surface area contributed by atoms with Crippen molar-refractivity contribution >= 4 is 40.8 Å². The smallest absolute Gasteiger partial charge is 0.415 e. The largest absolute Gasteiger partial charge is 0.550 e. The molecule has 0 radical (unpaired) electrons. The third kappa shape index (κ3) is 7.22. The zero-order valence-corrected chi connectivity index (χ0v) is 22.7. The van der Waals surface area contributed by atoms with Crippen LogP contribution in [-0.4, -0.2) is 42.1 Å². The Labute approximate surface area is 243 Å². The van der Waals surface area contributed by atoms with Crippen molar-refractivity contribution in [2.24, 2.45) is 0 Å². The van der Waals surface area contributed by atoms with Crippen LogP contribution < -0.4 is 25.0 Å². The molecule has 1 aliphatic heterocycles. The Hall–Kier alpha value is -5.38. The van der Waals surface area contributed by atoms with Crippen molar-refractivity contribution in [3.63, 3.8) is 0 Å². The number of carbonyl (C=O) groups is 3. The van der Waals surface area contributed by atoms with Gasteiger partial charge in [-0.3, -0.25) is 9.69 Å². The molecule has 0 spiro atoms. The molecule has 10 heteroatoms. The van der Waals surface area contributed by atoms with Crippen LogP contribution in [0.4, 0.5) is 27.7 Å². The number of aromatic nitrogens is 1. The van der Waals surface area contributed by atoms with E-state index < -0.39 is 18.2 Å². The first kappa shape index (κ1) is 28.2. The van der Waals surface area contributed by atoms with Crippen molar-refractivity contribution in [3.8, 4) is 5.75 Å². The molecule has 1 aliphatic rings. The van der Waals surface area contributed by atoms with Crippen LogP contribution in [0.1, 0.15) is 18.4 Å². The zero-order valence-electron chi connectivity index (χ0n) is 22.7. The van der Waals surface area contributed by atoms with Gasteiger partial charge in [0.1, 0.15) is 24.3 Å². The lowest BCUT2D eigenvalue weighted by Crippen LogP contribution is -2.41. The van der Waals surface area contributed by atoms with Gasteiger partial charge in [0.2, 0.25) is 5.91 Å². The molecular weight excluding hydrogens is 536 g/mol. The minimum absolute atomic E-state index is 0.0132. The molecule has 1 aromatic heterocycles. The Morgan fingerprint density at radius 3 is 2.43 bits per heavy atom. The van der Waals surface area contributed by atoms with Gasteiger partial charge in [0.25, 0.3) is 0 Å². The van der Waals surface area contributed by atoms with E-state index in [0.717, 1.165) is 11.3 Å². The van der Waals surface area contributed by atoms with Gasteiger partial charge in [0, 0.05) is 42.9 Å². The molecule has 2 amide bonds. The van der Waals surface area contributed by atoms with E-state index in [1.807, 2.05) is 65.6 Å². The first-order valence-electron chi connectivity index (χ1n) is 13.5. The zero-order chi connectivity index (χ0) is 29.3. The Balaban J connectivity index is 1.27. The predicted molar refractivity (Wildman–Crippen MR) is 155 cm³/mol. The Bertz CT molecular complexity index is 1520. The number of carboxylic acids is 1. The molecule has 0 bridgehead atoms. The van der Waals surface area contributed by atoms with Crippen molar-refractivity contribution in [1.82, 2.24) is 4.98 Å². The van der Waals surface area contributed by atoms with E-state index in [0.29, 0.717) is 29.5 Å². The van der Waals surface area contributed by atoms with Gasteiger partial charge in [0.15, 0.2) is 0 Å². The highest BCUT2D eigenvalue weighted by Gasteiger charge is 2.27. The van der Waals surface area contributed by atoms with Gasteiger partial charge in [-0.2, -0.15) is 0 Å². The van der Waals surface area contributed by atoms with Crippen LogP contribution >= 0.6 is 0 Å². The highest BCUT2D eigenvalue weighted by molar-refractivity contribution is 5.94. The average Bonchev–Trinajstić information content (AvgIpc) is 3.01. The summed E-state index contributed by atoms with van der Waals surface area (Å²) in [4.78, 5) is 44.8. The predicted octanol–water partition coefficient (Wildman–Crippen LogP) is 4.29. The fourth-order valence-electron chi connectivity index (χ4n) is 4.62. The molecule has 214 valence electrons. The molecule has 2 heterocycles. The van der Waals surface area contributed by atoms with Crippen LogP contribution in [-0.2, 0) is 20.9 Å². The van der Waals surface area contributed by atoms with Crippen LogP contribution in [0, 0.1) is 0 Å². The number of anilines is 4. The molecule has 4 aromatic rings. The summed E-state index contributed by atoms with van der Waals surface area (Å²) in [6.07, 6.45) is 0.101. The van der Waals surface area contributed by atoms with Gasteiger partial charge >= 0.3 is 6.09 Å². The van der Waals surface area contributed by atoms with E-state index in [9.17, 15) is 19.5 Å². The van der Waals surface area contributed by atoms with Crippen LogP contribution in [0.3, 0.4) is 0 Å². The van der Waals surface area contributed by atoms with Crippen molar-refractivity contribution in [2.75, 3.05) is 28.2 Å². The summed E-state index contributed by atoms with van der Waals surface area (Å²) in [5.41, 5.74) is 2.91. The molecule has 42 heavy (non-hydrogen) atoms. The number of pyridine rings is 1. The summed E-state index contributed by atoms with van der Waals surface area (Å²) >= 11 is 0. The maximum atomic E-state index is 13.0. The summed E-state index contributed by atoms with van der Waals surface area (Å²) in [6.45, 7) is 0.437. The van der Waals surface area contributed by atoms with Crippen LogP contribution in [0.5, 0.6) is 5.75 Å². The number of carboxylic acid groups (broad SMARTS) is 1. The Morgan fingerprint density at radius 2 is 1.71 bits per heavy atom. The quantitative estimate of drug-likeness (QED) is 0.302. The van der Waals surface area contributed by atoms with Crippen molar-refractivity contribution < 1.29 is 29.0 Å². The van der Waals surface area contributed by atoms with Crippen LogP contribution in [0.25, 0.3) is 0 Å². The minimum atomic E-state index is -1.19. The van der Waals surface area contributed by atoms with Crippen molar-refractivity contribution in [2.45, 2.75) is 25.6 Å². The van der Waals surface area contributed by atoms with E-state index >= 15 is 0 Å². The molecule has 1 N–H and O–H groups in total. The van der Waals surface area contributed by atoms with E-state index in [2.05, 4.69) is 10.3 Å². The molecule has 0 saturated heterocycles. The summed E-state index contributed by atoms with van der Waals surface area (Å²) in [5, 5.41) is 14.1. The Kier molecular flexibility index (Phi) is 8.93. The maximum Gasteiger partial charge on any atom is 0.415 e. The van der Waals surface area contributed by atoms with E-state index in [4.69, 9.17) is 9.47 Å². The van der Waals surface area contributed by atoms with E-state index in [1.54, 1.807) is 42.6 Å². The lowest BCUT2D eigenvalue weighted by molar-refractivity contribution is -0.307. The fraction of sp³-hybridized carbons (Fsp3) is 0.188. The molecule has 0 fully saturated rings. The molecule has 10 nitrogen and oxygen atoms in total. The number of amides is 2. The molecule has 5 rings (SSSR count). The van der Waals surface area contributed by atoms with Gasteiger partial charge in [-0.05, 0) is 48.0 Å². The monoisotopic (exact) mass is 565 g/mol. The number of nitrogens with one attached hydrogen (secondary N) is 1. The highest BCUT2D eigenvalue weighted by atomic mass is 16.6. The number of rotatable bonds is 10. The van der Waals surface area contributed by atoms with Gasteiger partial charge in [-0.25, -0.2) is 9.78 Å². The molecule has 0 aliphatic carbocycles. The third-order valence-corrected chi connectivity index (χ3v) is 6.59. The lowest BCUT2D eigenvalue weighted by Gasteiger charge is -2.36. The van der Waals surface area contributed by atoms with Gasteiger partial charge in [-0.1, -0.05) is 54.6 Å². The average molecular weight is 566 g/mol. The van der Waals surface area contributed by atoms with Crippen LogP contribution in [0.15, 0.2) is 103 Å². The van der Waals surface area contributed by atoms with Crippen molar-refractivity contribution in [3.05, 3.63) is 109 Å². The summed E-state index contributed by atoms with van der Waals surface area (Å²) in [6, 6.07) is 29.2. The number of ether oxygens (including phenoxy) is 2. The molecule has 1 atom stereocenters. The first-order chi connectivity index (χ1) is 20.5. The third-order valence-electron chi connectivity index (χ3n) is 6.59. The highest BCUT2D eigenvalue weighted by Crippen LogP contribution is 2.40. The molecule has 1 unspecified atom stereocenters. The van der Waals surface area contributed by atoms with Gasteiger partial charge in [0.05, 0.1) is 12.2 Å². The molecule has 0 saturated carbocycles. The second-order valence-corrected chi connectivity index (χ2v) is 9.62.